The average Bonchev–Trinajstić information content (AvgIpc) is 3.50. The first-order valence-corrected chi connectivity index (χ1v) is 14.7. The Labute approximate surface area is 261 Å². The molecule has 0 radical (unpaired) electrons. The summed E-state index contributed by atoms with van der Waals surface area (Å²) in [6, 6.07) is 7.41. The van der Waals surface area contributed by atoms with Gasteiger partial charge in [0.15, 0.2) is 5.82 Å². The number of halogens is 6. The third-order valence-electron chi connectivity index (χ3n) is 7.81. The van der Waals surface area contributed by atoms with Crippen LogP contribution in [0, 0.1) is 11.7 Å². The summed E-state index contributed by atoms with van der Waals surface area (Å²) in [4.78, 5) is 55.1. The molecule has 15 heteroatoms. The Morgan fingerprint density at radius 3 is 2.36 bits per heavy atom. The molecule has 1 saturated heterocycles. The largest absolute Gasteiger partial charge is 0.393 e. The predicted octanol–water partition coefficient (Wildman–Crippen LogP) is 4.05. The smallest absolute Gasteiger partial charge is 0.342 e. The number of alkyl halides is 3. The Morgan fingerprint density at radius 2 is 1.70 bits per heavy atom. The van der Waals surface area contributed by atoms with Gasteiger partial charge in [0.2, 0.25) is 23.6 Å². The quantitative estimate of drug-likeness (QED) is 0.277. The molecule has 0 aliphatic carbocycles. The average molecular weight is 660 g/mol. The van der Waals surface area contributed by atoms with Gasteiger partial charge < -0.3 is 26.2 Å². The van der Waals surface area contributed by atoms with E-state index in [4.69, 9.17) is 28.9 Å². The number of nitrogens with one attached hydrogen (secondary N) is 2. The number of rotatable bonds is 9. The lowest BCUT2D eigenvalue weighted by Gasteiger charge is -2.37. The van der Waals surface area contributed by atoms with Crippen molar-refractivity contribution in [2.75, 3.05) is 25.0 Å². The first-order valence-electron chi connectivity index (χ1n) is 14.0. The number of likely N-dealkylation sites (tertiary alicyclic amines) is 1. The van der Waals surface area contributed by atoms with Gasteiger partial charge in [-0.3, -0.25) is 19.2 Å². The zero-order valence-electron chi connectivity index (χ0n) is 23.4. The van der Waals surface area contributed by atoms with Crippen molar-refractivity contribution in [2.45, 2.75) is 56.9 Å². The number of nitrogens with zero attached hydrogens (tertiary/aromatic N) is 2. The standard InChI is InChI=1S/C29H31Cl2F4N5O4/c30-19-5-6-20(26(32)25(19)31)37-27(43)21(9-11-36)38-28(44)22-13-16-3-1-2-4-17(16)14-40(22)24(42)8-7-23(41)39-12-10-18(15-39)29(33,34)35/h1-6,18,21-22H,7-15,36H2,(H,37,43)(H,38,44)/t18-,21-,22-/m0/s1. The molecule has 9 nitrogen and oxygen atoms in total. The van der Waals surface area contributed by atoms with Crippen LogP contribution in [0.3, 0.4) is 0 Å². The van der Waals surface area contributed by atoms with Crippen LogP contribution in [0.4, 0.5) is 23.2 Å². The number of carbonyl (C=O) groups is 4. The SMILES string of the molecule is NCC[C@H](NC(=O)[C@@H]1Cc2ccccc2CN1C(=O)CCC(=O)N1CC[C@H](C(F)(F)F)C1)C(=O)Nc1ccc(Cl)c(Cl)c1F. The lowest BCUT2D eigenvalue weighted by molar-refractivity contribution is -0.171. The van der Waals surface area contributed by atoms with Crippen molar-refractivity contribution in [3.8, 4) is 0 Å². The molecule has 238 valence electrons. The van der Waals surface area contributed by atoms with Gasteiger partial charge in [-0.05, 0) is 42.6 Å². The highest BCUT2D eigenvalue weighted by Crippen LogP contribution is 2.34. The van der Waals surface area contributed by atoms with E-state index in [0.29, 0.717) is 0 Å². The van der Waals surface area contributed by atoms with Crippen molar-refractivity contribution < 1.29 is 36.7 Å². The Morgan fingerprint density at radius 1 is 1.02 bits per heavy atom. The summed E-state index contributed by atoms with van der Waals surface area (Å²) in [5, 5.41) is 4.54. The minimum atomic E-state index is -4.40. The van der Waals surface area contributed by atoms with Crippen LogP contribution < -0.4 is 16.4 Å². The summed E-state index contributed by atoms with van der Waals surface area (Å²) in [5.41, 5.74) is 7.01. The molecule has 0 spiro atoms. The zero-order chi connectivity index (χ0) is 32.2. The molecule has 2 aliphatic heterocycles. The minimum absolute atomic E-state index is 0.00776. The van der Waals surface area contributed by atoms with E-state index in [1.807, 2.05) is 6.07 Å². The van der Waals surface area contributed by atoms with Crippen molar-refractivity contribution in [2.24, 2.45) is 11.7 Å². The molecule has 3 atom stereocenters. The summed E-state index contributed by atoms with van der Waals surface area (Å²) in [7, 11) is 0. The Balaban J connectivity index is 1.46. The van der Waals surface area contributed by atoms with Crippen LogP contribution in [-0.4, -0.2) is 71.3 Å². The van der Waals surface area contributed by atoms with E-state index in [0.717, 1.165) is 16.0 Å². The van der Waals surface area contributed by atoms with Crippen LogP contribution in [0.5, 0.6) is 0 Å². The first kappa shape index (κ1) is 33.5. The van der Waals surface area contributed by atoms with Gasteiger partial charge in [-0.25, -0.2) is 4.39 Å². The molecule has 2 aromatic carbocycles. The van der Waals surface area contributed by atoms with Crippen molar-refractivity contribution in [1.82, 2.24) is 15.1 Å². The number of hydrogen-bond acceptors (Lipinski definition) is 5. The van der Waals surface area contributed by atoms with E-state index in [2.05, 4.69) is 10.6 Å². The summed E-state index contributed by atoms with van der Waals surface area (Å²) in [6.45, 7) is -0.457. The van der Waals surface area contributed by atoms with Gasteiger partial charge in [0, 0.05) is 38.9 Å². The molecule has 2 aromatic rings. The molecule has 2 heterocycles. The predicted molar refractivity (Wildman–Crippen MR) is 155 cm³/mol. The molecule has 0 aromatic heterocycles. The van der Waals surface area contributed by atoms with Gasteiger partial charge in [0.1, 0.15) is 12.1 Å². The molecule has 0 unspecified atom stereocenters. The Hall–Kier alpha value is -3.42. The molecule has 44 heavy (non-hydrogen) atoms. The van der Waals surface area contributed by atoms with Crippen molar-refractivity contribution in [3.63, 3.8) is 0 Å². The fraction of sp³-hybridized carbons (Fsp3) is 0.448. The number of amides is 4. The topological polar surface area (TPSA) is 125 Å². The molecular weight excluding hydrogens is 629 g/mol. The number of hydrogen-bond donors (Lipinski definition) is 3. The monoisotopic (exact) mass is 659 g/mol. The highest BCUT2D eigenvalue weighted by Gasteiger charge is 2.44. The van der Waals surface area contributed by atoms with Gasteiger partial charge in [-0.15, -0.1) is 0 Å². The van der Waals surface area contributed by atoms with Gasteiger partial charge in [-0.1, -0.05) is 47.5 Å². The summed E-state index contributed by atoms with van der Waals surface area (Å²) < 4.78 is 53.7. The molecule has 4 rings (SSSR count). The van der Waals surface area contributed by atoms with E-state index < -0.39 is 60.2 Å². The number of benzene rings is 2. The molecule has 4 N–H and O–H groups in total. The number of anilines is 1. The van der Waals surface area contributed by atoms with E-state index in [1.54, 1.807) is 18.2 Å². The lowest BCUT2D eigenvalue weighted by atomic mass is 9.92. The summed E-state index contributed by atoms with van der Waals surface area (Å²) in [5.74, 6) is -5.11. The van der Waals surface area contributed by atoms with Crippen LogP contribution in [-0.2, 0) is 32.1 Å². The highest BCUT2D eigenvalue weighted by molar-refractivity contribution is 6.42. The molecule has 0 saturated carbocycles. The second-order valence-corrected chi connectivity index (χ2v) is 11.5. The summed E-state index contributed by atoms with van der Waals surface area (Å²) in [6.07, 6.45) is -5.13. The van der Waals surface area contributed by atoms with Gasteiger partial charge in [0.25, 0.3) is 0 Å². The number of carbonyl (C=O) groups excluding carboxylic acids is 4. The maximum Gasteiger partial charge on any atom is 0.393 e. The fourth-order valence-corrected chi connectivity index (χ4v) is 5.65. The number of fused-ring (bicyclic) bond motifs is 1. The van der Waals surface area contributed by atoms with Crippen molar-refractivity contribution in [3.05, 3.63) is 63.4 Å². The zero-order valence-corrected chi connectivity index (χ0v) is 24.9. The molecule has 2 aliphatic rings. The Bertz CT molecular complexity index is 1430. The third kappa shape index (κ3) is 7.80. The van der Waals surface area contributed by atoms with E-state index in [1.165, 1.54) is 17.0 Å². The molecule has 1 fully saturated rings. The second-order valence-electron chi connectivity index (χ2n) is 10.7. The summed E-state index contributed by atoms with van der Waals surface area (Å²) >= 11 is 11.6. The third-order valence-corrected chi connectivity index (χ3v) is 8.59. The fourth-order valence-electron chi connectivity index (χ4n) is 5.33. The molecule has 0 bridgehead atoms. The van der Waals surface area contributed by atoms with E-state index >= 15 is 0 Å². The van der Waals surface area contributed by atoms with Crippen molar-refractivity contribution in [1.29, 1.82) is 0 Å². The molecule has 4 amide bonds. The van der Waals surface area contributed by atoms with E-state index in [-0.39, 0.29) is 67.5 Å². The minimum Gasteiger partial charge on any atom is -0.342 e. The van der Waals surface area contributed by atoms with Crippen molar-refractivity contribution >= 4 is 52.5 Å². The normalized spacial score (nSPS) is 18.9. The maximum atomic E-state index is 14.5. The van der Waals surface area contributed by atoms with Crippen LogP contribution in [0.15, 0.2) is 36.4 Å². The van der Waals surface area contributed by atoms with Gasteiger partial charge >= 0.3 is 6.18 Å². The first-order chi connectivity index (χ1) is 20.8. The Kier molecular flexibility index (Phi) is 10.7. The number of nitrogens with two attached hydrogens (primary N) is 1. The highest BCUT2D eigenvalue weighted by atomic mass is 35.5. The maximum absolute atomic E-state index is 14.5. The lowest BCUT2D eigenvalue weighted by Crippen LogP contribution is -2.56. The second kappa shape index (κ2) is 14.1. The van der Waals surface area contributed by atoms with Crippen LogP contribution in [0.25, 0.3) is 0 Å². The van der Waals surface area contributed by atoms with Gasteiger partial charge in [0.05, 0.1) is 21.7 Å². The van der Waals surface area contributed by atoms with Crippen LogP contribution in [0.1, 0.15) is 36.8 Å². The van der Waals surface area contributed by atoms with E-state index in [9.17, 15) is 36.7 Å². The van der Waals surface area contributed by atoms with Gasteiger partial charge in [-0.2, -0.15) is 13.2 Å². The van der Waals surface area contributed by atoms with Crippen LogP contribution >= 0.6 is 23.2 Å². The van der Waals surface area contributed by atoms with Crippen LogP contribution in [0.2, 0.25) is 10.0 Å². The molecular formula is C29H31Cl2F4N5O4.